The molecule has 0 saturated carbocycles. The van der Waals surface area contributed by atoms with Crippen molar-refractivity contribution in [3.63, 3.8) is 0 Å². The van der Waals surface area contributed by atoms with Crippen molar-refractivity contribution in [2.75, 3.05) is 13.2 Å². The van der Waals surface area contributed by atoms with Crippen molar-refractivity contribution in [3.05, 3.63) is 35.0 Å². The summed E-state index contributed by atoms with van der Waals surface area (Å²) < 4.78 is 5.39. The minimum Gasteiger partial charge on any atom is -0.379 e. The van der Waals surface area contributed by atoms with Gasteiger partial charge in [0.2, 0.25) is 0 Å². The van der Waals surface area contributed by atoms with E-state index in [1.165, 1.54) is 10.9 Å². The Balaban J connectivity index is 1.80. The molecule has 2 N–H and O–H groups in total. The van der Waals surface area contributed by atoms with Crippen LogP contribution in [-0.4, -0.2) is 30.1 Å². The largest absolute Gasteiger partial charge is 0.379 e. The Kier molecular flexibility index (Phi) is 3.49. The lowest BCUT2D eigenvalue weighted by Gasteiger charge is -2.23. The summed E-state index contributed by atoms with van der Waals surface area (Å²) in [4.78, 5) is 15.6. The molecule has 1 aromatic carbocycles. The molecule has 0 radical (unpaired) electrons. The van der Waals surface area contributed by atoms with E-state index in [2.05, 4.69) is 24.1 Å². The molecule has 0 bridgehead atoms. The molecular weight excluding hydrogens is 252 g/mol. The Hall–Kier alpha value is -1.81. The fraction of sp³-hybridized carbons (Fsp3) is 0.438. The van der Waals surface area contributed by atoms with Crippen molar-refractivity contribution in [2.24, 2.45) is 0 Å². The second kappa shape index (κ2) is 5.29. The highest BCUT2D eigenvalue weighted by Crippen LogP contribution is 2.22. The zero-order valence-corrected chi connectivity index (χ0v) is 12.0. The van der Waals surface area contributed by atoms with E-state index < -0.39 is 0 Å². The zero-order chi connectivity index (χ0) is 14.1. The van der Waals surface area contributed by atoms with Crippen molar-refractivity contribution in [1.29, 1.82) is 0 Å². The number of rotatable bonds is 2. The standard InChI is InChI=1S/C16H20N2O2/c1-10-11(2)17-15-8-12(5-6-14(10)15)16(19)18-13-4-3-7-20-9-13/h5-6,8,13,17H,3-4,7,9H2,1-2H3,(H,18,19)/t13-/m0/s1. The van der Waals surface area contributed by atoms with E-state index in [1.54, 1.807) is 0 Å². The Morgan fingerprint density at radius 3 is 3.00 bits per heavy atom. The smallest absolute Gasteiger partial charge is 0.251 e. The number of aromatic amines is 1. The molecule has 1 amide bonds. The number of nitrogens with one attached hydrogen (secondary N) is 2. The molecule has 1 aromatic heterocycles. The van der Waals surface area contributed by atoms with Crippen LogP contribution in [-0.2, 0) is 4.74 Å². The Morgan fingerprint density at radius 1 is 1.40 bits per heavy atom. The van der Waals surface area contributed by atoms with Gasteiger partial charge in [-0.15, -0.1) is 0 Å². The van der Waals surface area contributed by atoms with Gasteiger partial charge in [-0.05, 0) is 44.4 Å². The van der Waals surface area contributed by atoms with Crippen LogP contribution in [0, 0.1) is 13.8 Å². The fourth-order valence-corrected chi connectivity index (χ4v) is 2.74. The number of amides is 1. The topological polar surface area (TPSA) is 54.1 Å². The van der Waals surface area contributed by atoms with Crippen LogP contribution >= 0.6 is 0 Å². The summed E-state index contributed by atoms with van der Waals surface area (Å²) in [6.45, 7) is 5.57. The minimum absolute atomic E-state index is 0.0210. The number of ether oxygens (including phenoxy) is 1. The van der Waals surface area contributed by atoms with Crippen LogP contribution in [0.1, 0.15) is 34.5 Å². The summed E-state index contributed by atoms with van der Waals surface area (Å²) >= 11 is 0. The lowest BCUT2D eigenvalue weighted by molar-refractivity contribution is 0.0624. The van der Waals surface area contributed by atoms with Gasteiger partial charge in [-0.25, -0.2) is 0 Å². The number of hydrogen-bond donors (Lipinski definition) is 2. The van der Waals surface area contributed by atoms with Crippen LogP contribution in [0.25, 0.3) is 10.9 Å². The normalized spacial score (nSPS) is 19.2. The van der Waals surface area contributed by atoms with E-state index in [0.717, 1.165) is 30.7 Å². The third-order valence-electron chi connectivity index (χ3n) is 4.07. The molecule has 0 spiro atoms. The summed E-state index contributed by atoms with van der Waals surface area (Å²) in [5, 5.41) is 4.22. The van der Waals surface area contributed by atoms with E-state index in [4.69, 9.17) is 4.74 Å². The minimum atomic E-state index is -0.0210. The molecule has 3 rings (SSSR count). The van der Waals surface area contributed by atoms with Gasteiger partial charge in [0.15, 0.2) is 0 Å². The highest BCUT2D eigenvalue weighted by molar-refractivity contribution is 5.98. The van der Waals surface area contributed by atoms with Gasteiger partial charge in [0.25, 0.3) is 5.91 Å². The van der Waals surface area contributed by atoms with Gasteiger partial charge in [-0.2, -0.15) is 0 Å². The average molecular weight is 272 g/mol. The van der Waals surface area contributed by atoms with Crippen LogP contribution < -0.4 is 5.32 Å². The summed E-state index contributed by atoms with van der Waals surface area (Å²) in [6.07, 6.45) is 2.01. The maximum Gasteiger partial charge on any atom is 0.251 e. The van der Waals surface area contributed by atoms with Crippen molar-refractivity contribution < 1.29 is 9.53 Å². The maximum atomic E-state index is 12.3. The van der Waals surface area contributed by atoms with Crippen LogP contribution in [0.4, 0.5) is 0 Å². The quantitative estimate of drug-likeness (QED) is 0.883. The predicted molar refractivity (Wildman–Crippen MR) is 79.1 cm³/mol. The van der Waals surface area contributed by atoms with E-state index >= 15 is 0 Å². The second-order valence-electron chi connectivity index (χ2n) is 5.52. The van der Waals surface area contributed by atoms with Gasteiger partial charge in [0.05, 0.1) is 12.6 Å². The van der Waals surface area contributed by atoms with E-state index in [1.807, 2.05) is 18.2 Å². The number of fused-ring (bicyclic) bond motifs is 1. The van der Waals surface area contributed by atoms with Gasteiger partial charge >= 0.3 is 0 Å². The Bertz CT molecular complexity index is 639. The molecule has 0 unspecified atom stereocenters. The highest BCUT2D eigenvalue weighted by atomic mass is 16.5. The molecule has 0 aliphatic carbocycles. The first-order chi connectivity index (χ1) is 9.65. The number of carbonyl (C=O) groups is 1. The summed E-state index contributed by atoms with van der Waals surface area (Å²) in [5.74, 6) is -0.0210. The SMILES string of the molecule is Cc1[nH]c2cc(C(=O)N[C@H]3CCCOC3)ccc2c1C. The number of benzene rings is 1. The van der Waals surface area contributed by atoms with Gasteiger partial charge in [-0.1, -0.05) is 6.07 Å². The summed E-state index contributed by atoms with van der Waals surface area (Å²) in [5.41, 5.74) is 4.11. The third-order valence-corrected chi connectivity index (χ3v) is 4.07. The average Bonchev–Trinajstić information content (AvgIpc) is 2.74. The van der Waals surface area contributed by atoms with Crippen LogP contribution in [0.2, 0.25) is 0 Å². The number of aryl methyl sites for hydroxylation is 2. The van der Waals surface area contributed by atoms with Crippen LogP contribution in [0.3, 0.4) is 0 Å². The predicted octanol–water partition coefficient (Wildman–Crippen LogP) is 2.69. The summed E-state index contributed by atoms with van der Waals surface area (Å²) in [7, 11) is 0. The first kappa shape index (κ1) is 13.2. The molecule has 1 fully saturated rings. The zero-order valence-electron chi connectivity index (χ0n) is 12.0. The van der Waals surface area contributed by atoms with E-state index in [-0.39, 0.29) is 11.9 Å². The van der Waals surface area contributed by atoms with E-state index in [9.17, 15) is 4.79 Å². The lowest BCUT2D eigenvalue weighted by Crippen LogP contribution is -2.40. The Labute approximate surface area is 118 Å². The molecule has 1 aliphatic rings. The first-order valence-electron chi connectivity index (χ1n) is 7.12. The monoisotopic (exact) mass is 272 g/mol. The molecule has 2 aromatic rings. The molecule has 1 aliphatic heterocycles. The van der Waals surface area contributed by atoms with Crippen molar-refractivity contribution in [1.82, 2.24) is 10.3 Å². The molecule has 1 saturated heterocycles. The van der Waals surface area contributed by atoms with E-state index in [0.29, 0.717) is 12.2 Å². The first-order valence-corrected chi connectivity index (χ1v) is 7.12. The number of carbonyl (C=O) groups excluding carboxylic acids is 1. The second-order valence-corrected chi connectivity index (χ2v) is 5.52. The highest BCUT2D eigenvalue weighted by Gasteiger charge is 2.17. The van der Waals surface area contributed by atoms with Crippen molar-refractivity contribution >= 4 is 16.8 Å². The lowest BCUT2D eigenvalue weighted by atomic mass is 10.1. The number of aromatic nitrogens is 1. The molecule has 4 nitrogen and oxygen atoms in total. The maximum absolute atomic E-state index is 12.3. The van der Waals surface area contributed by atoms with Gasteiger partial charge in [0.1, 0.15) is 0 Å². The van der Waals surface area contributed by atoms with Crippen LogP contribution in [0.5, 0.6) is 0 Å². The molecule has 2 heterocycles. The molecule has 20 heavy (non-hydrogen) atoms. The van der Waals surface area contributed by atoms with Crippen molar-refractivity contribution in [3.8, 4) is 0 Å². The fourth-order valence-electron chi connectivity index (χ4n) is 2.74. The third kappa shape index (κ3) is 2.43. The summed E-state index contributed by atoms with van der Waals surface area (Å²) in [6, 6.07) is 5.97. The number of H-pyrrole nitrogens is 1. The number of hydrogen-bond acceptors (Lipinski definition) is 2. The van der Waals surface area contributed by atoms with Gasteiger partial charge < -0.3 is 15.0 Å². The van der Waals surface area contributed by atoms with Crippen LogP contribution in [0.15, 0.2) is 18.2 Å². The molecule has 4 heteroatoms. The van der Waals surface area contributed by atoms with Crippen molar-refractivity contribution in [2.45, 2.75) is 32.7 Å². The molecular formula is C16H20N2O2. The Morgan fingerprint density at radius 2 is 2.25 bits per heavy atom. The van der Waals surface area contributed by atoms with Gasteiger partial charge in [-0.3, -0.25) is 4.79 Å². The molecule has 106 valence electrons. The van der Waals surface area contributed by atoms with Gasteiger partial charge in [0, 0.05) is 28.8 Å². The molecule has 1 atom stereocenters.